The number of aliphatic hydroxyl groups excluding tert-OH is 1. The van der Waals surface area contributed by atoms with E-state index in [0.717, 1.165) is 11.3 Å². The molecule has 2 aromatic rings. The van der Waals surface area contributed by atoms with Crippen molar-refractivity contribution in [2.75, 3.05) is 18.5 Å². The highest BCUT2D eigenvalue weighted by molar-refractivity contribution is 5.44. The molecule has 0 atom stereocenters. The third-order valence-corrected chi connectivity index (χ3v) is 2.55. The van der Waals surface area contributed by atoms with Gasteiger partial charge in [0, 0.05) is 18.2 Å². The minimum atomic E-state index is -0.0328. The first-order valence-corrected chi connectivity index (χ1v) is 6.00. The Morgan fingerprint density at radius 1 is 1.16 bits per heavy atom. The van der Waals surface area contributed by atoms with E-state index in [-0.39, 0.29) is 19.0 Å². The molecule has 0 spiro atoms. The van der Waals surface area contributed by atoms with Crippen molar-refractivity contribution in [3.8, 4) is 11.6 Å². The first kappa shape index (κ1) is 13.2. The molecule has 0 bridgehead atoms. The van der Waals surface area contributed by atoms with Gasteiger partial charge in [-0.15, -0.1) is 0 Å². The van der Waals surface area contributed by atoms with Gasteiger partial charge in [-0.1, -0.05) is 18.2 Å². The third kappa shape index (κ3) is 3.86. The summed E-state index contributed by atoms with van der Waals surface area (Å²) in [4.78, 5) is 4.09. The summed E-state index contributed by atoms with van der Waals surface area (Å²) in [6.45, 7) is 0.720. The fourth-order valence-corrected chi connectivity index (χ4v) is 1.58. The van der Waals surface area contributed by atoms with Crippen LogP contribution in [-0.2, 0) is 6.54 Å². The molecule has 0 unspecified atom stereocenters. The first-order valence-electron chi connectivity index (χ1n) is 6.00. The highest BCUT2D eigenvalue weighted by Gasteiger charge is 2.00. The minimum Gasteiger partial charge on any atom is -0.508 e. The van der Waals surface area contributed by atoms with E-state index >= 15 is 0 Å². The standard InChI is InChI=1S/C14H16N2O3/c17-7-8-19-14-6-5-12(10-16-14)15-9-11-3-1-2-4-13(11)18/h1-6,10,15,17-18H,7-9H2. The molecule has 1 aromatic carbocycles. The molecule has 1 aromatic heterocycles. The molecule has 0 radical (unpaired) electrons. The Balaban J connectivity index is 1.91. The Morgan fingerprint density at radius 3 is 2.68 bits per heavy atom. The molecule has 0 saturated heterocycles. The van der Waals surface area contributed by atoms with Gasteiger partial charge in [-0.2, -0.15) is 0 Å². The number of rotatable bonds is 6. The second-order valence-electron chi connectivity index (χ2n) is 3.94. The lowest BCUT2D eigenvalue weighted by Crippen LogP contribution is -2.04. The van der Waals surface area contributed by atoms with Crippen LogP contribution in [0.25, 0.3) is 0 Å². The van der Waals surface area contributed by atoms with Crippen molar-refractivity contribution in [2.24, 2.45) is 0 Å². The van der Waals surface area contributed by atoms with Crippen LogP contribution in [-0.4, -0.2) is 28.4 Å². The zero-order valence-electron chi connectivity index (χ0n) is 10.4. The lowest BCUT2D eigenvalue weighted by molar-refractivity contribution is 0.196. The van der Waals surface area contributed by atoms with Crippen molar-refractivity contribution in [1.82, 2.24) is 4.98 Å². The molecule has 0 aliphatic heterocycles. The third-order valence-electron chi connectivity index (χ3n) is 2.55. The van der Waals surface area contributed by atoms with E-state index in [1.165, 1.54) is 0 Å². The number of hydrogen-bond acceptors (Lipinski definition) is 5. The average molecular weight is 260 g/mol. The van der Waals surface area contributed by atoms with Crippen LogP contribution in [0.2, 0.25) is 0 Å². The van der Waals surface area contributed by atoms with Gasteiger partial charge in [0.05, 0.1) is 18.5 Å². The molecule has 3 N–H and O–H groups in total. The van der Waals surface area contributed by atoms with Gasteiger partial charge in [-0.05, 0) is 12.1 Å². The normalized spacial score (nSPS) is 10.2. The van der Waals surface area contributed by atoms with E-state index in [1.54, 1.807) is 24.4 Å². The highest BCUT2D eigenvalue weighted by atomic mass is 16.5. The monoisotopic (exact) mass is 260 g/mol. The zero-order valence-corrected chi connectivity index (χ0v) is 10.4. The molecule has 5 heteroatoms. The summed E-state index contributed by atoms with van der Waals surface area (Å²) in [6.07, 6.45) is 1.65. The summed E-state index contributed by atoms with van der Waals surface area (Å²) in [5, 5.41) is 21.4. The predicted molar refractivity (Wildman–Crippen MR) is 72.3 cm³/mol. The van der Waals surface area contributed by atoms with Crippen molar-refractivity contribution in [2.45, 2.75) is 6.54 Å². The van der Waals surface area contributed by atoms with Gasteiger partial charge in [0.1, 0.15) is 12.4 Å². The van der Waals surface area contributed by atoms with Crippen LogP contribution in [0, 0.1) is 0 Å². The van der Waals surface area contributed by atoms with Crippen LogP contribution < -0.4 is 10.1 Å². The van der Waals surface area contributed by atoms with Crippen molar-refractivity contribution in [3.63, 3.8) is 0 Å². The molecule has 2 rings (SSSR count). The number of anilines is 1. The van der Waals surface area contributed by atoms with Crippen molar-refractivity contribution >= 4 is 5.69 Å². The summed E-state index contributed by atoms with van der Waals surface area (Å²) in [5.74, 6) is 0.744. The van der Waals surface area contributed by atoms with Crippen LogP contribution in [0.1, 0.15) is 5.56 Å². The van der Waals surface area contributed by atoms with Gasteiger partial charge in [0.15, 0.2) is 0 Å². The largest absolute Gasteiger partial charge is 0.508 e. The summed E-state index contributed by atoms with van der Waals surface area (Å²) in [5.41, 5.74) is 1.66. The first-order chi connectivity index (χ1) is 9.29. The topological polar surface area (TPSA) is 74.6 Å². The van der Waals surface area contributed by atoms with Gasteiger partial charge in [0.2, 0.25) is 5.88 Å². The van der Waals surface area contributed by atoms with Crippen LogP contribution >= 0.6 is 0 Å². The molecule has 19 heavy (non-hydrogen) atoms. The van der Waals surface area contributed by atoms with Gasteiger partial charge < -0.3 is 20.3 Å². The van der Waals surface area contributed by atoms with E-state index in [0.29, 0.717) is 12.4 Å². The number of phenolic OH excluding ortho intramolecular Hbond substituents is 1. The SMILES string of the molecule is OCCOc1ccc(NCc2ccccc2O)cn1. The molecular weight excluding hydrogens is 244 g/mol. The number of aromatic nitrogens is 1. The summed E-state index contributed by atoms with van der Waals surface area (Å²) in [7, 11) is 0. The Bertz CT molecular complexity index is 514. The molecule has 0 saturated carbocycles. The number of pyridine rings is 1. The van der Waals surface area contributed by atoms with Crippen molar-refractivity contribution in [3.05, 3.63) is 48.2 Å². The smallest absolute Gasteiger partial charge is 0.213 e. The zero-order chi connectivity index (χ0) is 13.5. The molecule has 5 nitrogen and oxygen atoms in total. The lowest BCUT2D eigenvalue weighted by Gasteiger charge is -2.08. The Kier molecular flexibility index (Phi) is 4.58. The summed E-state index contributed by atoms with van der Waals surface area (Å²) in [6, 6.07) is 10.7. The number of aliphatic hydroxyl groups is 1. The Morgan fingerprint density at radius 2 is 2.00 bits per heavy atom. The van der Waals surface area contributed by atoms with Gasteiger partial charge in [0.25, 0.3) is 0 Å². The van der Waals surface area contributed by atoms with Gasteiger partial charge >= 0.3 is 0 Å². The van der Waals surface area contributed by atoms with E-state index in [2.05, 4.69) is 10.3 Å². The molecule has 1 heterocycles. The van der Waals surface area contributed by atoms with Gasteiger partial charge in [-0.25, -0.2) is 4.98 Å². The van der Waals surface area contributed by atoms with E-state index < -0.39 is 0 Å². The molecular formula is C14H16N2O3. The molecule has 0 fully saturated rings. The fraction of sp³-hybridized carbons (Fsp3) is 0.214. The number of benzene rings is 1. The number of nitrogens with one attached hydrogen (secondary N) is 1. The number of nitrogens with zero attached hydrogens (tertiary/aromatic N) is 1. The predicted octanol–water partition coefficient (Wildman–Crippen LogP) is 1.77. The van der Waals surface area contributed by atoms with E-state index in [4.69, 9.17) is 9.84 Å². The van der Waals surface area contributed by atoms with Crippen molar-refractivity contribution in [1.29, 1.82) is 0 Å². The summed E-state index contributed by atoms with van der Waals surface area (Å²) >= 11 is 0. The molecule has 0 amide bonds. The maximum Gasteiger partial charge on any atom is 0.213 e. The number of ether oxygens (including phenoxy) is 1. The Hall–Kier alpha value is -2.27. The minimum absolute atomic E-state index is 0.0328. The number of aromatic hydroxyl groups is 1. The second kappa shape index (κ2) is 6.61. The molecule has 0 aliphatic rings. The average Bonchev–Trinajstić information content (AvgIpc) is 2.45. The highest BCUT2D eigenvalue weighted by Crippen LogP contribution is 2.18. The lowest BCUT2D eigenvalue weighted by atomic mass is 10.2. The van der Waals surface area contributed by atoms with E-state index in [9.17, 15) is 5.11 Å². The van der Waals surface area contributed by atoms with Crippen LogP contribution in [0.4, 0.5) is 5.69 Å². The van der Waals surface area contributed by atoms with E-state index in [1.807, 2.05) is 18.2 Å². The van der Waals surface area contributed by atoms with Crippen LogP contribution in [0.3, 0.4) is 0 Å². The maximum absolute atomic E-state index is 9.63. The number of hydrogen-bond donors (Lipinski definition) is 3. The Labute approximate surface area is 111 Å². The maximum atomic E-state index is 9.63. The fourth-order valence-electron chi connectivity index (χ4n) is 1.58. The second-order valence-corrected chi connectivity index (χ2v) is 3.94. The molecule has 100 valence electrons. The number of para-hydroxylation sites is 1. The summed E-state index contributed by atoms with van der Waals surface area (Å²) < 4.78 is 5.16. The quantitative estimate of drug-likeness (QED) is 0.738. The molecule has 0 aliphatic carbocycles. The van der Waals surface area contributed by atoms with Crippen molar-refractivity contribution < 1.29 is 14.9 Å². The number of phenols is 1. The van der Waals surface area contributed by atoms with Gasteiger partial charge in [-0.3, -0.25) is 0 Å². The van der Waals surface area contributed by atoms with Crippen LogP contribution in [0.15, 0.2) is 42.6 Å². The van der Waals surface area contributed by atoms with Crippen LogP contribution in [0.5, 0.6) is 11.6 Å².